The number of nitrogens with one attached hydrogen (secondary N) is 2. The molecule has 0 radical (unpaired) electrons. The van der Waals surface area contributed by atoms with Gasteiger partial charge < -0.3 is 10.2 Å². The minimum Gasteiger partial charge on any atom is -0.351 e. The van der Waals surface area contributed by atoms with Crippen molar-refractivity contribution in [1.82, 2.24) is 5.32 Å². The molecule has 4 aliphatic rings. The molecule has 1 amide bonds. The van der Waals surface area contributed by atoms with Gasteiger partial charge in [-0.05, 0) is 68.6 Å². The molecule has 1 aromatic rings. The quantitative estimate of drug-likeness (QED) is 0.785. The van der Waals surface area contributed by atoms with E-state index in [1.54, 1.807) is 0 Å². The summed E-state index contributed by atoms with van der Waals surface area (Å²) in [6.07, 6.45) is 8.52. The summed E-state index contributed by atoms with van der Waals surface area (Å²) in [5, 5.41) is 3.33. The molecule has 1 atom stereocenters. The van der Waals surface area contributed by atoms with Crippen LogP contribution in [0.15, 0.2) is 30.3 Å². The largest absolute Gasteiger partial charge is 0.351 e. The zero-order chi connectivity index (χ0) is 17.3. The van der Waals surface area contributed by atoms with Gasteiger partial charge in [-0.25, -0.2) is 0 Å². The molecular formula is C22H33N2O+. The maximum Gasteiger partial charge on any atom is 0.275 e. The summed E-state index contributed by atoms with van der Waals surface area (Å²) < 4.78 is 0. The Morgan fingerprint density at radius 2 is 1.68 bits per heavy atom. The van der Waals surface area contributed by atoms with Gasteiger partial charge in [0.05, 0.1) is 6.54 Å². The van der Waals surface area contributed by atoms with E-state index < -0.39 is 0 Å². The summed E-state index contributed by atoms with van der Waals surface area (Å²) in [5.41, 5.74) is 1.75. The van der Waals surface area contributed by atoms with E-state index in [4.69, 9.17) is 0 Å². The molecule has 25 heavy (non-hydrogen) atoms. The van der Waals surface area contributed by atoms with Crippen LogP contribution in [-0.4, -0.2) is 25.5 Å². The van der Waals surface area contributed by atoms with Crippen LogP contribution < -0.4 is 10.2 Å². The number of rotatable bonds is 7. The number of hydrogen-bond donors (Lipinski definition) is 2. The third-order valence-electron chi connectivity index (χ3n) is 7.03. The van der Waals surface area contributed by atoms with Gasteiger partial charge >= 0.3 is 0 Å². The van der Waals surface area contributed by atoms with Gasteiger partial charge in [-0.2, -0.15) is 0 Å². The monoisotopic (exact) mass is 341 g/mol. The van der Waals surface area contributed by atoms with E-state index >= 15 is 0 Å². The lowest BCUT2D eigenvalue weighted by Gasteiger charge is -2.56. The minimum absolute atomic E-state index is 0.239. The highest BCUT2D eigenvalue weighted by atomic mass is 16.2. The number of carbonyl (C=O) groups excluding carboxylic acids is 1. The van der Waals surface area contributed by atoms with Gasteiger partial charge in [0, 0.05) is 12.1 Å². The van der Waals surface area contributed by atoms with Crippen molar-refractivity contribution in [3.8, 4) is 0 Å². The third-order valence-corrected chi connectivity index (χ3v) is 7.03. The third kappa shape index (κ3) is 3.92. The number of carbonyl (C=O) groups is 1. The van der Waals surface area contributed by atoms with Crippen molar-refractivity contribution in [2.24, 2.45) is 23.2 Å². The van der Waals surface area contributed by atoms with Crippen molar-refractivity contribution >= 4 is 5.91 Å². The molecule has 4 fully saturated rings. The van der Waals surface area contributed by atoms with Gasteiger partial charge in [-0.15, -0.1) is 0 Å². The highest BCUT2D eigenvalue weighted by molar-refractivity contribution is 5.76. The molecule has 4 saturated carbocycles. The molecule has 4 bridgehead atoms. The number of likely N-dealkylation sites (N-methyl/N-ethyl adjacent to an activating group) is 1. The zero-order valence-corrected chi connectivity index (χ0v) is 15.6. The summed E-state index contributed by atoms with van der Waals surface area (Å²) in [7, 11) is 0. The number of hydrogen-bond acceptors (Lipinski definition) is 1. The van der Waals surface area contributed by atoms with Crippen LogP contribution in [0.25, 0.3) is 0 Å². The topological polar surface area (TPSA) is 33.5 Å². The number of benzene rings is 1. The Labute approximate surface area is 152 Å². The SMILES string of the molecule is CC[NH+](CC(=O)NCC12CC3CC(CC(C3)C1)C2)Cc1ccccc1. The van der Waals surface area contributed by atoms with E-state index in [2.05, 4.69) is 36.5 Å². The zero-order valence-electron chi connectivity index (χ0n) is 15.6. The molecule has 1 aromatic carbocycles. The van der Waals surface area contributed by atoms with Gasteiger partial charge in [0.15, 0.2) is 6.54 Å². The fraction of sp³-hybridized carbons (Fsp3) is 0.682. The van der Waals surface area contributed by atoms with E-state index in [0.29, 0.717) is 12.0 Å². The second kappa shape index (κ2) is 7.11. The Bertz CT molecular complexity index is 562. The molecule has 136 valence electrons. The number of quaternary nitrogens is 1. The van der Waals surface area contributed by atoms with Crippen LogP contribution >= 0.6 is 0 Å². The smallest absolute Gasteiger partial charge is 0.275 e. The second-order valence-electron chi connectivity index (χ2n) is 9.14. The van der Waals surface area contributed by atoms with Gasteiger partial charge in [0.2, 0.25) is 0 Å². The van der Waals surface area contributed by atoms with E-state index in [9.17, 15) is 4.79 Å². The Kier molecular flexibility index (Phi) is 4.86. The molecular weight excluding hydrogens is 308 g/mol. The first-order valence-electron chi connectivity index (χ1n) is 10.3. The summed E-state index contributed by atoms with van der Waals surface area (Å²) in [6, 6.07) is 10.5. The van der Waals surface area contributed by atoms with Crippen LogP contribution in [0.4, 0.5) is 0 Å². The molecule has 0 heterocycles. The fourth-order valence-electron chi connectivity index (χ4n) is 6.28. The molecule has 2 N–H and O–H groups in total. The Balaban J connectivity index is 1.28. The van der Waals surface area contributed by atoms with Crippen molar-refractivity contribution < 1.29 is 9.69 Å². The normalized spacial score (nSPS) is 34.0. The van der Waals surface area contributed by atoms with Gasteiger partial charge in [-0.1, -0.05) is 30.3 Å². The Morgan fingerprint density at radius 1 is 1.08 bits per heavy atom. The summed E-state index contributed by atoms with van der Waals surface area (Å²) in [5.74, 6) is 3.11. The first-order valence-corrected chi connectivity index (χ1v) is 10.3. The highest BCUT2D eigenvalue weighted by Crippen LogP contribution is 2.59. The van der Waals surface area contributed by atoms with Crippen molar-refractivity contribution in [3.63, 3.8) is 0 Å². The Morgan fingerprint density at radius 3 is 2.24 bits per heavy atom. The van der Waals surface area contributed by atoms with Crippen LogP contribution in [0, 0.1) is 23.2 Å². The van der Waals surface area contributed by atoms with Crippen LogP contribution in [0.5, 0.6) is 0 Å². The maximum atomic E-state index is 12.6. The molecule has 3 nitrogen and oxygen atoms in total. The van der Waals surface area contributed by atoms with E-state index in [1.807, 2.05) is 6.07 Å². The van der Waals surface area contributed by atoms with Crippen LogP contribution in [-0.2, 0) is 11.3 Å². The predicted molar refractivity (Wildman–Crippen MR) is 100 cm³/mol. The van der Waals surface area contributed by atoms with Crippen LogP contribution in [0.1, 0.15) is 51.0 Å². The van der Waals surface area contributed by atoms with E-state index in [-0.39, 0.29) is 5.91 Å². The number of amides is 1. The van der Waals surface area contributed by atoms with E-state index in [1.165, 1.54) is 49.0 Å². The maximum absolute atomic E-state index is 12.6. The van der Waals surface area contributed by atoms with Crippen molar-refractivity contribution in [3.05, 3.63) is 35.9 Å². The van der Waals surface area contributed by atoms with Crippen molar-refractivity contribution in [1.29, 1.82) is 0 Å². The second-order valence-corrected chi connectivity index (χ2v) is 9.14. The molecule has 0 spiro atoms. The molecule has 0 aromatic heterocycles. The summed E-state index contributed by atoms with van der Waals surface area (Å²) in [6.45, 7) is 5.61. The average molecular weight is 342 g/mol. The summed E-state index contributed by atoms with van der Waals surface area (Å²) >= 11 is 0. The van der Waals surface area contributed by atoms with Crippen molar-refractivity contribution in [2.75, 3.05) is 19.6 Å². The molecule has 0 saturated heterocycles. The lowest BCUT2D eigenvalue weighted by Crippen LogP contribution is -3.11. The van der Waals surface area contributed by atoms with Gasteiger partial charge in [0.1, 0.15) is 6.54 Å². The first kappa shape index (κ1) is 17.1. The van der Waals surface area contributed by atoms with E-state index in [0.717, 1.165) is 37.4 Å². The van der Waals surface area contributed by atoms with Crippen molar-refractivity contribution in [2.45, 2.75) is 52.0 Å². The molecule has 0 aliphatic heterocycles. The molecule has 4 aliphatic carbocycles. The molecule has 5 rings (SSSR count). The lowest BCUT2D eigenvalue weighted by molar-refractivity contribution is -0.904. The molecule has 3 heteroatoms. The average Bonchev–Trinajstić information content (AvgIpc) is 2.59. The van der Waals surface area contributed by atoms with Crippen LogP contribution in [0.2, 0.25) is 0 Å². The van der Waals surface area contributed by atoms with Crippen LogP contribution in [0.3, 0.4) is 0 Å². The molecule has 1 unspecified atom stereocenters. The fourth-order valence-corrected chi connectivity index (χ4v) is 6.28. The Hall–Kier alpha value is -1.35. The lowest BCUT2D eigenvalue weighted by atomic mass is 9.49. The van der Waals surface area contributed by atoms with Gasteiger partial charge in [0.25, 0.3) is 5.91 Å². The standard InChI is InChI=1S/C22H32N2O/c1-2-24(14-17-6-4-3-5-7-17)15-21(25)23-16-22-11-18-8-19(12-22)10-20(9-18)13-22/h3-7,18-20H,2,8-16H2,1H3,(H,23,25)/p+1. The first-order chi connectivity index (χ1) is 12.1. The summed E-state index contributed by atoms with van der Waals surface area (Å²) in [4.78, 5) is 13.9. The highest BCUT2D eigenvalue weighted by Gasteiger charge is 2.50. The minimum atomic E-state index is 0.239. The predicted octanol–water partition coefficient (Wildman–Crippen LogP) is 2.42. The van der Waals surface area contributed by atoms with Gasteiger partial charge in [-0.3, -0.25) is 4.79 Å².